The molecule has 33 heavy (non-hydrogen) atoms. The summed E-state index contributed by atoms with van der Waals surface area (Å²) < 4.78 is 14.6. The van der Waals surface area contributed by atoms with E-state index in [2.05, 4.69) is 5.32 Å². The Balaban J connectivity index is 0.00000385. The number of alkyl halides is 3. The highest BCUT2D eigenvalue weighted by Crippen LogP contribution is 2.41. The van der Waals surface area contributed by atoms with Crippen LogP contribution in [0.2, 0.25) is 0 Å². The summed E-state index contributed by atoms with van der Waals surface area (Å²) in [4.78, 5) is 27.1. The lowest BCUT2D eigenvalue weighted by Crippen LogP contribution is -2.63. The lowest BCUT2D eigenvalue weighted by Gasteiger charge is -2.46. The number of nitrogens with one attached hydrogen (secondary N) is 1. The van der Waals surface area contributed by atoms with Gasteiger partial charge in [0.25, 0.3) is 0 Å². The Labute approximate surface area is 215 Å². The Morgan fingerprint density at radius 2 is 1.88 bits per heavy atom. The Bertz CT molecular complexity index is 888. The van der Waals surface area contributed by atoms with Crippen molar-refractivity contribution in [2.75, 3.05) is 26.8 Å². The standard InChI is InChI=1S/C22H27Cl3N2O5.ClH/c1-21(2,22(23,24)25)32-20(29)27-16-9-8-15(17(27)12-26-11-16)13-31-19(28)10-14-6-4-5-7-18(14)30-3;/h4-8,16-17,26H,9-13H2,1-3H3;1H. The van der Waals surface area contributed by atoms with Gasteiger partial charge in [-0.1, -0.05) is 59.1 Å². The van der Waals surface area contributed by atoms with Gasteiger partial charge in [0.1, 0.15) is 12.4 Å². The predicted molar refractivity (Wildman–Crippen MR) is 131 cm³/mol. The fourth-order valence-electron chi connectivity index (χ4n) is 3.75. The van der Waals surface area contributed by atoms with E-state index in [-0.39, 0.29) is 43.5 Å². The normalized spacial score (nSPS) is 20.3. The number of rotatable bonds is 6. The van der Waals surface area contributed by atoms with Crippen molar-refractivity contribution in [3.8, 4) is 5.75 Å². The van der Waals surface area contributed by atoms with Gasteiger partial charge in [0.2, 0.25) is 3.79 Å². The molecule has 1 aromatic rings. The second-order valence-electron chi connectivity index (χ2n) is 8.28. The molecule has 0 aliphatic carbocycles. The monoisotopic (exact) mass is 540 g/mol. The maximum atomic E-state index is 13.0. The second-order valence-corrected chi connectivity index (χ2v) is 10.6. The van der Waals surface area contributed by atoms with E-state index in [1.54, 1.807) is 31.9 Å². The number of hydrogen-bond donors (Lipinski definition) is 1. The summed E-state index contributed by atoms with van der Waals surface area (Å²) in [5.41, 5.74) is 0.251. The van der Waals surface area contributed by atoms with Crippen LogP contribution in [0.1, 0.15) is 25.8 Å². The van der Waals surface area contributed by atoms with Crippen molar-refractivity contribution in [1.29, 1.82) is 0 Å². The molecule has 2 heterocycles. The van der Waals surface area contributed by atoms with Crippen LogP contribution in [0.15, 0.2) is 35.9 Å². The maximum Gasteiger partial charge on any atom is 0.411 e. The van der Waals surface area contributed by atoms with E-state index in [4.69, 9.17) is 49.0 Å². The summed E-state index contributed by atoms with van der Waals surface area (Å²) in [5.74, 6) is 0.249. The van der Waals surface area contributed by atoms with Crippen LogP contribution in [0.4, 0.5) is 4.79 Å². The largest absolute Gasteiger partial charge is 0.496 e. The number of nitrogens with zero attached hydrogens (tertiary/aromatic N) is 1. The van der Waals surface area contributed by atoms with Crippen molar-refractivity contribution in [2.24, 2.45) is 0 Å². The average Bonchev–Trinajstić information content (AvgIpc) is 2.72. The molecule has 0 saturated carbocycles. The molecule has 2 aliphatic rings. The van der Waals surface area contributed by atoms with Crippen LogP contribution in [-0.2, 0) is 20.7 Å². The zero-order chi connectivity index (χ0) is 23.5. The molecule has 1 aromatic carbocycles. The van der Waals surface area contributed by atoms with Crippen LogP contribution < -0.4 is 10.1 Å². The van der Waals surface area contributed by atoms with E-state index in [1.807, 2.05) is 24.3 Å². The Kier molecular flexibility index (Phi) is 9.59. The molecule has 2 aliphatic heterocycles. The van der Waals surface area contributed by atoms with Gasteiger partial charge in [-0.05, 0) is 31.9 Å². The smallest absolute Gasteiger partial charge is 0.411 e. The highest BCUT2D eigenvalue weighted by atomic mass is 35.6. The van der Waals surface area contributed by atoms with Gasteiger partial charge in [0.05, 0.1) is 25.6 Å². The third-order valence-electron chi connectivity index (χ3n) is 5.69. The highest BCUT2D eigenvalue weighted by molar-refractivity contribution is 6.68. The number of carbonyl (C=O) groups is 2. The van der Waals surface area contributed by atoms with Gasteiger partial charge in [-0.3, -0.25) is 9.69 Å². The number of ether oxygens (including phenoxy) is 3. The topological polar surface area (TPSA) is 77.1 Å². The third-order valence-corrected chi connectivity index (χ3v) is 7.06. The van der Waals surface area contributed by atoms with Gasteiger partial charge in [0.15, 0.2) is 5.60 Å². The minimum absolute atomic E-state index is 0. The molecule has 0 radical (unpaired) electrons. The fraction of sp³-hybridized carbons (Fsp3) is 0.545. The number of para-hydroxylation sites is 1. The molecule has 0 spiro atoms. The molecule has 1 amide bonds. The van der Waals surface area contributed by atoms with Crippen LogP contribution in [0.3, 0.4) is 0 Å². The number of benzene rings is 1. The molecular formula is C22H28Cl4N2O5. The van der Waals surface area contributed by atoms with Gasteiger partial charge in [0, 0.05) is 18.7 Å². The highest BCUT2D eigenvalue weighted by Gasteiger charge is 2.47. The van der Waals surface area contributed by atoms with Crippen molar-refractivity contribution in [1.82, 2.24) is 10.2 Å². The molecule has 2 bridgehead atoms. The first-order valence-electron chi connectivity index (χ1n) is 10.3. The summed E-state index contributed by atoms with van der Waals surface area (Å²) >= 11 is 17.9. The van der Waals surface area contributed by atoms with Crippen LogP contribution in [0.25, 0.3) is 0 Å². The first kappa shape index (κ1) is 27.9. The van der Waals surface area contributed by atoms with Crippen LogP contribution in [-0.4, -0.2) is 65.2 Å². The van der Waals surface area contributed by atoms with E-state index in [9.17, 15) is 9.59 Å². The quantitative estimate of drug-likeness (QED) is 0.325. The molecule has 1 N–H and O–H groups in total. The molecular weight excluding hydrogens is 514 g/mol. The van der Waals surface area contributed by atoms with Crippen molar-refractivity contribution >= 4 is 59.3 Å². The SMILES string of the molecule is COc1ccccc1CC(=O)OCC1=CCC2CNCC1N2C(=O)OC(C)(C)C(Cl)(Cl)Cl.Cl. The average molecular weight is 542 g/mol. The number of esters is 1. The third kappa shape index (κ3) is 6.61. The number of methoxy groups -OCH3 is 1. The Morgan fingerprint density at radius 1 is 1.18 bits per heavy atom. The first-order valence-corrected chi connectivity index (χ1v) is 11.4. The summed E-state index contributed by atoms with van der Waals surface area (Å²) in [6, 6.07) is 6.87. The summed E-state index contributed by atoms with van der Waals surface area (Å²) in [6.07, 6.45) is 2.15. The number of halogens is 4. The van der Waals surface area contributed by atoms with Crippen molar-refractivity contribution < 1.29 is 23.8 Å². The summed E-state index contributed by atoms with van der Waals surface area (Å²) in [5, 5.41) is 3.31. The summed E-state index contributed by atoms with van der Waals surface area (Å²) in [6.45, 7) is 4.30. The Hall–Kier alpha value is -1.38. The van der Waals surface area contributed by atoms with Gasteiger partial charge >= 0.3 is 12.1 Å². The van der Waals surface area contributed by atoms with Gasteiger partial charge in [-0.15, -0.1) is 12.4 Å². The molecule has 2 unspecified atom stereocenters. The molecule has 3 rings (SSSR count). The number of carbonyl (C=O) groups excluding carboxylic acids is 2. The molecule has 0 aromatic heterocycles. The maximum absolute atomic E-state index is 13.0. The molecule has 184 valence electrons. The number of amides is 1. The summed E-state index contributed by atoms with van der Waals surface area (Å²) in [7, 11) is 1.56. The van der Waals surface area contributed by atoms with E-state index in [0.29, 0.717) is 25.3 Å². The minimum atomic E-state index is -1.78. The van der Waals surface area contributed by atoms with E-state index < -0.39 is 15.5 Å². The van der Waals surface area contributed by atoms with Gasteiger partial charge < -0.3 is 19.5 Å². The lowest BCUT2D eigenvalue weighted by molar-refractivity contribution is -0.142. The van der Waals surface area contributed by atoms with Crippen molar-refractivity contribution in [3.05, 3.63) is 41.5 Å². The number of hydrogen-bond acceptors (Lipinski definition) is 6. The second kappa shape index (κ2) is 11.4. The van der Waals surface area contributed by atoms with Crippen LogP contribution in [0.5, 0.6) is 5.75 Å². The van der Waals surface area contributed by atoms with E-state index in [1.165, 1.54) is 0 Å². The molecule has 7 nitrogen and oxygen atoms in total. The zero-order valence-corrected chi connectivity index (χ0v) is 21.7. The predicted octanol–water partition coefficient (Wildman–Crippen LogP) is 4.46. The van der Waals surface area contributed by atoms with Crippen molar-refractivity contribution in [3.63, 3.8) is 0 Å². The van der Waals surface area contributed by atoms with E-state index >= 15 is 0 Å². The molecule has 11 heteroatoms. The van der Waals surface area contributed by atoms with Crippen LogP contribution in [0, 0.1) is 0 Å². The molecule has 2 atom stereocenters. The van der Waals surface area contributed by atoms with Gasteiger partial charge in [-0.2, -0.15) is 0 Å². The van der Waals surface area contributed by atoms with E-state index in [0.717, 1.165) is 11.1 Å². The Morgan fingerprint density at radius 3 is 2.55 bits per heavy atom. The minimum Gasteiger partial charge on any atom is -0.496 e. The fourth-order valence-corrected chi connectivity index (χ4v) is 3.86. The first-order chi connectivity index (χ1) is 15.0. The lowest BCUT2D eigenvalue weighted by atomic mass is 9.92. The van der Waals surface area contributed by atoms with Crippen LogP contribution >= 0.6 is 47.2 Å². The molecule has 1 fully saturated rings. The zero-order valence-electron chi connectivity index (χ0n) is 18.6. The number of piperazine rings is 1. The number of fused-ring (bicyclic) bond motifs is 2. The van der Waals surface area contributed by atoms with Crippen molar-refractivity contribution in [2.45, 2.75) is 48.2 Å². The molecule has 1 saturated heterocycles. The van der Waals surface area contributed by atoms with Gasteiger partial charge in [-0.25, -0.2) is 4.79 Å².